The second-order valence-corrected chi connectivity index (χ2v) is 4.75. The molecule has 0 fully saturated rings. The molecule has 16 heavy (non-hydrogen) atoms. The van der Waals surface area contributed by atoms with Crippen LogP contribution < -0.4 is 0 Å². The highest BCUT2D eigenvalue weighted by Crippen LogP contribution is 2.40. The Morgan fingerprint density at radius 1 is 1.31 bits per heavy atom. The predicted octanol–water partition coefficient (Wildman–Crippen LogP) is 4.60. The SMILES string of the molecule is CCCC1(c2cccc(F)c2)CC=CCC1. The third-order valence-electron chi connectivity index (χ3n) is 3.63. The van der Waals surface area contributed by atoms with Gasteiger partial charge < -0.3 is 0 Å². The van der Waals surface area contributed by atoms with Crippen LogP contribution in [0, 0.1) is 5.82 Å². The highest BCUT2D eigenvalue weighted by molar-refractivity contribution is 5.28. The zero-order chi connectivity index (χ0) is 11.4. The van der Waals surface area contributed by atoms with Crippen LogP contribution in [-0.4, -0.2) is 0 Å². The molecule has 0 N–H and O–H groups in total. The molecule has 1 aliphatic carbocycles. The highest BCUT2D eigenvalue weighted by atomic mass is 19.1. The van der Waals surface area contributed by atoms with Crippen LogP contribution in [0.15, 0.2) is 36.4 Å². The predicted molar refractivity (Wildman–Crippen MR) is 66.0 cm³/mol. The molecule has 0 aromatic heterocycles. The monoisotopic (exact) mass is 218 g/mol. The van der Waals surface area contributed by atoms with Gasteiger partial charge in [0.2, 0.25) is 0 Å². The Morgan fingerprint density at radius 2 is 2.19 bits per heavy atom. The molecule has 0 radical (unpaired) electrons. The normalized spacial score (nSPS) is 24.6. The van der Waals surface area contributed by atoms with Gasteiger partial charge in [-0.15, -0.1) is 0 Å². The van der Waals surface area contributed by atoms with Crippen molar-refractivity contribution in [3.63, 3.8) is 0 Å². The van der Waals surface area contributed by atoms with E-state index in [1.54, 1.807) is 6.07 Å². The first-order chi connectivity index (χ1) is 7.77. The van der Waals surface area contributed by atoms with Crippen LogP contribution in [0.25, 0.3) is 0 Å². The van der Waals surface area contributed by atoms with Gasteiger partial charge in [0.15, 0.2) is 0 Å². The van der Waals surface area contributed by atoms with E-state index in [1.807, 2.05) is 6.07 Å². The van der Waals surface area contributed by atoms with Crippen molar-refractivity contribution in [1.29, 1.82) is 0 Å². The van der Waals surface area contributed by atoms with Gasteiger partial charge in [-0.05, 0) is 48.8 Å². The molecule has 1 heteroatoms. The molecule has 1 aromatic rings. The Hall–Kier alpha value is -1.11. The number of allylic oxidation sites excluding steroid dienone is 2. The molecular formula is C15H19F. The molecule has 0 spiro atoms. The van der Waals surface area contributed by atoms with Crippen LogP contribution in [0.1, 0.15) is 44.6 Å². The summed E-state index contributed by atoms with van der Waals surface area (Å²) >= 11 is 0. The summed E-state index contributed by atoms with van der Waals surface area (Å²) < 4.78 is 13.3. The fraction of sp³-hybridized carbons (Fsp3) is 0.467. The maximum atomic E-state index is 13.3. The lowest BCUT2D eigenvalue weighted by Gasteiger charge is -2.35. The third-order valence-corrected chi connectivity index (χ3v) is 3.63. The van der Waals surface area contributed by atoms with Gasteiger partial charge in [0.1, 0.15) is 5.82 Å². The van der Waals surface area contributed by atoms with Crippen LogP contribution in [0.5, 0.6) is 0 Å². The lowest BCUT2D eigenvalue weighted by Crippen LogP contribution is -2.27. The van der Waals surface area contributed by atoms with E-state index in [-0.39, 0.29) is 11.2 Å². The van der Waals surface area contributed by atoms with Crippen molar-refractivity contribution in [3.8, 4) is 0 Å². The molecule has 0 aliphatic heterocycles. The van der Waals surface area contributed by atoms with Gasteiger partial charge in [-0.2, -0.15) is 0 Å². The summed E-state index contributed by atoms with van der Waals surface area (Å²) in [6.45, 7) is 2.21. The summed E-state index contributed by atoms with van der Waals surface area (Å²) in [7, 11) is 0. The molecule has 0 amide bonds. The van der Waals surface area contributed by atoms with Crippen molar-refractivity contribution in [1.82, 2.24) is 0 Å². The average Bonchev–Trinajstić information content (AvgIpc) is 2.31. The Balaban J connectivity index is 2.35. The van der Waals surface area contributed by atoms with E-state index in [1.165, 1.54) is 11.6 Å². The summed E-state index contributed by atoms with van der Waals surface area (Å²) in [6, 6.07) is 7.16. The molecule has 0 heterocycles. The van der Waals surface area contributed by atoms with Crippen molar-refractivity contribution in [2.75, 3.05) is 0 Å². The molecular weight excluding hydrogens is 199 g/mol. The van der Waals surface area contributed by atoms with Gasteiger partial charge in [-0.25, -0.2) is 4.39 Å². The fourth-order valence-corrected chi connectivity index (χ4v) is 2.82. The molecule has 0 saturated carbocycles. The van der Waals surface area contributed by atoms with Gasteiger partial charge in [0, 0.05) is 0 Å². The smallest absolute Gasteiger partial charge is 0.123 e. The van der Waals surface area contributed by atoms with Crippen molar-refractivity contribution >= 4 is 0 Å². The largest absolute Gasteiger partial charge is 0.207 e. The number of rotatable bonds is 3. The minimum Gasteiger partial charge on any atom is -0.207 e. The van der Waals surface area contributed by atoms with Gasteiger partial charge in [-0.1, -0.05) is 37.6 Å². The molecule has 2 rings (SSSR count). The maximum absolute atomic E-state index is 13.3. The Bertz CT molecular complexity index is 381. The number of hydrogen-bond acceptors (Lipinski definition) is 0. The van der Waals surface area contributed by atoms with Crippen molar-refractivity contribution in [2.45, 2.75) is 44.4 Å². The summed E-state index contributed by atoms with van der Waals surface area (Å²) in [5.74, 6) is -0.109. The number of benzene rings is 1. The zero-order valence-electron chi connectivity index (χ0n) is 9.88. The topological polar surface area (TPSA) is 0 Å². The Labute approximate surface area is 97.2 Å². The van der Waals surface area contributed by atoms with Crippen molar-refractivity contribution < 1.29 is 4.39 Å². The minimum absolute atomic E-state index is 0.109. The molecule has 1 aromatic carbocycles. The summed E-state index contributed by atoms with van der Waals surface area (Å²) in [6.07, 6.45) is 10.1. The molecule has 1 unspecified atom stereocenters. The number of hydrogen-bond donors (Lipinski definition) is 0. The fourth-order valence-electron chi connectivity index (χ4n) is 2.82. The van der Waals surface area contributed by atoms with Crippen molar-refractivity contribution in [2.24, 2.45) is 0 Å². The average molecular weight is 218 g/mol. The second kappa shape index (κ2) is 4.82. The Morgan fingerprint density at radius 3 is 2.81 bits per heavy atom. The summed E-state index contributed by atoms with van der Waals surface area (Å²) in [4.78, 5) is 0. The maximum Gasteiger partial charge on any atom is 0.123 e. The summed E-state index contributed by atoms with van der Waals surface area (Å²) in [5, 5.41) is 0. The van der Waals surface area contributed by atoms with E-state index < -0.39 is 0 Å². The first kappa shape index (κ1) is 11.4. The first-order valence-corrected chi connectivity index (χ1v) is 6.18. The van der Waals surface area contributed by atoms with Gasteiger partial charge in [-0.3, -0.25) is 0 Å². The van der Waals surface area contributed by atoms with E-state index in [0.29, 0.717) is 0 Å². The Kier molecular flexibility index (Phi) is 3.42. The van der Waals surface area contributed by atoms with Crippen molar-refractivity contribution in [3.05, 3.63) is 47.8 Å². The van der Waals surface area contributed by atoms with Crippen LogP contribution in [0.3, 0.4) is 0 Å². The molecule has 1 aliphatic rings. The lowest BCUT2D eigenvalue weighted by molar-refractivity contribution is 0.353. The first-order valence-electron chi connectivity index (χ1n) is 6.18. The highest BCUT2D eigenvalue weighted by Gasteiger charge is 2.31. The second-order valence-electron chi connectivity index (χ2n) is 4.75. The number of halogens is 1. The van der Waals surface area contributed by atoms with E-state index in [0.717, 1.165) is 32.1 Å². The molecule has 1 atom stereocenters. The van der Waals surface area contributed by atoms with E-state index in [9.17, 15) is 4.39 Å². The van der Waals surface area contributed by atoms with Crippen LogP contribution in [0.4, 0.5) is 4.39 Å². The summed E-state index contributed by atoms with van der Waals surface area (Å²) in [5.41, 5.74) is 1.37. The van der Waals surface area contributed by atoms with Crippen LogP contribution in [-0.2, 0) is 5.41 Å². The van der Waals surface area contributed by atoms with E-state index in [2.05, 4.69) is 25.1 Å². The minimum atomic E-state index is -0.109. The van der Waals surface area contributed by atoms with Gasteiger partial charge in [0.05, 0.1) is 0 Å². The van der Waals surface area contributed by atoms with Gasteiger partial charge in [0.25, 0.3) is 0 Å². The molecule has 86 valence electrons. The molecule has 0 saturated heterocycles. The quantitative estimate of drug-likeness (QED) is 0.650. The standard InChI is InChI=1S/C15H19F/c1-2-9-15(10-4-3-5-11-15)13-7-6-8-14(16)12-13/h3-4,6-8,12H,2,5,9-11H2,1H3. The van der Waals surface area contributed by atoms with E-state index >= 15 is 0 Å². The molecule has 0 bridgehead atoms. The zero-order valence-corrected chi connectivity index (χ0v) is 9.88. The third kappa shape index (κ3) is 2.18. The van der Waals surface area contributed by atoms with Crippen LogP contribution >= 0.6 is 0 Å². The van der Waals surface area contributed by atoms with Gasteiger partial charge >= 0.3 is 0 Å². The van der Waals surface area contributed by atoms with E-state index in [4.69, 9.17) is 0 Å². The van der Waals surface area contributed by atoms with Crippen LogP contribution in [0.2, 0.25) is 0 Å². The lowest BCUT2D eigenvalue weighted by atomic mass is 9.69. The molecule has 0 nitrogen and oxygen atoms in total.